The average Bonchev–Trinajstić information content (AvgIpc) is 2.73. The number of unbranched alkanes of at least 4 members (excludes halogenated alkanes) is 1. The van der Waals surface area contributed by atoms with E-state index in [2.05, 4.69) is 11.5 Å². The van der Waals surface area contributed by atoms with Gasteiger partial charge in [-0.25, -0.2) is 4.98 Å². The fourth-order valence-corrected chi connectivity index (χ4v) is 3.71. The monoisotopic (exact) mass is 275 g/mol. The van der Waals surface area contributed by atoms with Crippen LogP contribution in [0.5, 0.6) is 0 Å². The van der Waals surface area contributed by atoms with Gasteiger partial charge in [0, 0.05) is 18.4 Å². The first kappa shape index (κ1) is 14.0. The first-order valence-electron chi connectivity index (χ1n) is 8.67. The van der Waals surface area contributed by atoms with Gasteiger partial charge in [0.2, 0.25) is 0 Å². The van der Waals surface area contributed by atoms with Gasteiger partial charge in [-0.1, -0.05) is 39.0 Å². The molecule has 2 aliphatic rings. The standard InChI is InChI=1S/C17H29N3/c1-2-3-12-20-16(18)15(13-10-7-11-13)19-17(20)14-8-5-4-6-9-14/h13-14H,2-12,18H2,1H3. The Kier molecular flexibility index (Phi) is 4.32. The molecule has 112 valence electrons. The fourth-order valence-electron chi connectivity index (χ4n) is 3.71. The Labute approximate surface area is 123 Å². The van der Waals surface area contributed by atoms with E-state index in [-0.39, 0.29) is 0 Å². The van der Waals surface area contributed by atoms with Gasteiger partial charge in [0.15, 0.2) is 0 Å². The highest BCUT2D eigenvalue weighted by atomic mass is 15.1. The molecule has 0 unspecified atom stereocenters. The van der Waals surface area contributed by atoms with Crippen molar-refractivity contribution in [3.8, 4) is 0 Å². The van der Waals surface area contributed by atoms with E-state index < -0.39 is 0 Å². The Bertz CT molecular complexity index is 439. The molecule has 0 atom stereocenters. The van der Waals surface area contributed by atoms with Crippen LogP contribution in [0.1, 0.15) is 94.5 Å². The summed E-state index contributed by atoms with van der Waals surface area (Å²) in [6.45, 7) is 3.31. The number of anilines is 1. The Morgan fingerprint density at radius 3 is 2.35 bits per heavy atom. The molecule has 0 radical (unpaired) electrons. The van der Waals surface area contributed by atoms with E-state index in [0.29, 0.717) is 11.8 Å². The smallest absolute Gasteiger partial charge is 0.127 e. The van der Waals surface area contributed by atoms with Gasteiger partial charge in [0.25, 0.3) is 0 Å². The topological polar surface area (TPSA) is 43.8 Å². The summed E-state index contributed by atoms with van der Waals surface area (Å²) in [7, 11) is 0. The molecule has 3 rings (SSSR count). The van der Waals surface area contributed by atoms with Crippen LogP contribution in [0, 0.1) is 0 Å². The molecule has 2 fully saturated rings. The van der Waals surface area contributed by atoms with Crippen LogP contribution in [0.2, 0.25) is 0 Å². The number of hydrogen-bond donors (Lipinski definition) is 1. The van der Waals surface area contributed by atoms with Gasteiger partial charge in [-0.15, -0.1) is 0 Å². The lowest BCUT2D eigenvalue weighted by atomic mass is 9.83. The van der Waals surface area contributed by atoms with Crippen LogP contribution < -0.4 is 5.73 Å². The molecule has 0 amide bonds. The van der Waals surface area contributed by atoms with Crippen LogP contribution in [0.3, 0.4) is 0 Å². The van der Waals surface area contributed by atoms with Crippen molar-refractivity contribution in [1.82, 2.24) is 9.55 Å². The highest BCUT2D eigenvalue weighted by Gasteiger charge is 2.29. The largest absolute Gasteiger partial charge is 0.384 e. The summed E-state index contributed by atoms with van der Waals surface area (Å²) in [5.41, 5.74) is 7.69. The minimum absolute atomic E-state index is 0.653. The van der Waals surface area contributed by atoms with Crippen molar-refractivity contribution in [2.75, 3.05) is 5.73 Å². The summed E-state index contributed by atoms with van der Waals surface area (Å²) < 4.78 is 2.37. The van der Waals surface area contributed by atoms with Gasteiger partial charge in [0.1, 0.15) is 11.6 Å². The van der Waals surface area contributed by atoms with E-state index in [1.165, 1.54) is 75.7 Å². The third-order valence-corrected chi connectivity index (χ3v) is 5.26. The summed E-state index contributed by atoms with van der Waals surface area (Å²) in [5, 5.41) is 0. The maximum Gasteiger partial charge on any atom is 0.127 e. The zero-order chi connectivity index (χ0) is 13.9. The van der Waals surface area contributed by atoms with Gasteiger partial charge < -0.3 is 10.3 Å². The number of imidazole rings is 1. The summed E-state index contributed by atoms with van der Waals surface area (Å²) in [5.74, 6) is 3.62. The molecule has 3 nitrogen and oxygen atoms in total. The zero-order valence-electron chi connectivity index (χ0n) is 12.9. The third kappa shape index (κ3) is 2.59. The fraction of sp³-hybridized carbons (Fsp3) is 0.824. The van der Waals surface area contributed by atoms with Crippen LogP contribution in [-0.2, 0) is 6.54 Å². The predicted molar refractivity (Wildman–Crippen MR) is 84.0 cm³/mol. The van der Waals surface area contributed by atoms with Gasteiger partial charge >= 0.3 is 0 Å². The molecule has 2 saturated carbocycles. The lowest BCUT2D eigenvalue weighted by molar-refractivity contribution is 0.404. The van der Waals surface area contributed by atoms with Crippen LogP contribution >= 0.6 is 0 Å². The number of nitrogens with two attached hydrogens (primary N) is 1. The predicted octanol–water partition coefficient (Wildman–Crippen LogP) is 4.58. The average molecular weight is 275 g/mol. The molecule has 0 spiro atoms. The molecule has 20 heavy (non-hydrogen) atoms. The minimum atomic E-state index is 0.653. The van der Waals surface area contributed by atoms with E-state index in [1.54, 1.807) is 0 Å². The summed E-state index contributed by atoms with van der Waals surface area (Å²) >= 11 is 0. The second kappa shape index (κ2) is 6.19. The van der Waals surface area contributed by atoms with E-state index in [4.69, 9.17) is 10.7 Å². The van der Waals surface area contributed by atoms with E-state index in [9.17, 15) is 0 Å². The lowest BCUT2D eigenvalue weighted by Crippen LogP contribution is -2.14. The Balaban J connectivity index is 1.88. The summed E-state index contributed by atoms with van der Waals surface area (Å²) in [4.78, 5) is 5.05. The first-order valence-corrected chi connectivity index (χ1v) is 8.67. The molecular weight excluding hydrogens is 246 g/mol. The van der Waals surface area contributed by atoms with Crippen molar-refractivity contribution < 1.29 is 0 Å². The second-order valence-electron chi connectivity index (χ2n) is 6.71. The third-order valence-electron chi connectivity index (χ3n) is 5.26. The lowest BCUT2D eigenvalue weighted by Gasteiger charge is -2.24. The molecule has 0 saturated heterocycles. The quantitative estimate of drug-likeness (QED) is 0.854. The Morgan fingerprint density at radius 2 is 1.75 bits per heavy atom. The molecule has 0 bridgehead atoms. The molecule has 0 aromatic carbocycles. The maximum absolute atomic E-state index is 6.46. The van der Waals surface area contributed by atoms with Gasteiger partial charge in [-0.2, -0.15) is 0 Å². The van der Waals surface area contributed by atoms with Crippen molar-refractivity contribution in [3.05, 3.63) is 11.5 Å². The van der Waals surface area contributed by atoms with Crippen LogP contribution in [0.25, 0.3) is 0 Å². The molecule has 3 heteroatoms. The summed E-state index contributed by atoms with van der Waals surface area (Å²) in [6, 6.07) is 0. The number of hydrogen-bond acceptors (Lipinski definition) is 2. The van der Waals surface area contributed by atoms with Crippen molar-refractivity contribution in [2.45, 2.75) is 89.5 Å². The van der Waals surface area contributed by atoms with Gasteiger partial charge in [-0.05, 0) is 32.1 Å². The number of nitrogens with zero attached hydrogens (tertiary/aromatic N) is 2. The maximum atomic E-state index is 6.46. The number of aromatic nitrogens is 2. The Morgan fingerprint density at radius 1 is 1.05 bits per heavy atom. The number of nitrogen functional groups attached to an aromatic ring is 1. The van der Waals surface area contributed by atoms with Crippen molar-refractivity contribution in [2.24, 2.45) is 0 Å². The van der Waals surface area contributed by atoms with Crippen molar-refractivity contribution >= 4 is 5.82 Å². The normalized spacial score (nSPS) is 21.1. The highest BCUT2D eigenvalue weighted by molar-refractivity contribution is 5.42. The van der Waals surface area contributed by atoms with Crippen molar-refractivity contribution in [1.29, 1.82) is 0 Å². The van der Waals surface area contributed by atoms with E-state index in [0.717, 1.165) is 12.4 Å². The van der Waals surface area contributed by atoms with Gasteiger partial charge in [-0.3, -0.25) is 0 Å². The van der Waals surface area contributed by atoms with E-state index >= 15 is 0 Å². The van der Waals surface area contributed by atoms with Crippen LogP contribution in [0.15, 0.2) is 0 Å². The van der Waals surface area contributed by atoms with Gasteiger partial charge in [0.05, 0.1) is 5.69 Å². The molecule has 1 heterocycles. The minimum Gasteiger partial charge on any atom is -0.384 e. The molecule has 2 N–H and O–H groups in total. The van der Waals surface area contributed by atoms with Crippen molar-refractivity contribution in [3.63, 3.8) is 0 Å². The first-order chi connectivity index (χ1) is 9.81. The molecule has 1 aromatic heterocycles. The summed E-state index contributed by atoms with van der Waals surface area (Å²) in [6.07, 6.45) is 13.1. The molecule has 1 aromatic rings. The molecular formula is C17H29N3. The SMILES string of the molecule is CCCCn1c(C2CCCCC2)nc(C2CCC2)c1N. The van der Waals surface area contributed by atoms with Crippen LogP contribution in [0.4, 0.5) is 5.82 Å². The zero-order valence-corrected chi connectivity index (χ0v) is 12.9. The highest BCUT2D eigenvalue weighted by Crippen LogP contribution is 2.41. The van der Waals surface area contributed by atoms with E-state index in [1.807, 2.05) is 0 Å². The second-order valence-corrected chi connectivity index (χ2v) is 6.71. The Hall–Kier alpha value is -0.990. The molecule has 0 aliphatic heterocycles. The van der Waals surface area contributed by atoms with Crippen LogP contribution in [-0.4, -0.2) is 9.55 Å². The number of rotatable bonds is 5. The molecule has 2 aliphatic carbocycles.